The highest BCUT2D eigenvalue weighted by atomic mass is 15.0. The van der Waals surface area contributed by atoms with Gasteiger partial charge in [-0.15, -0.1) is 0 Å². The summed E-state index contributed by atoms with van der Waals surface area (Å²) in [6, 6.07) is 6.20. The number of aromatic nitrogens is 1. The molecule has 1 aromatic heterocycles. The van der Waals surface area contributed by atoms with Crippen molar-refractivity contribution in [2.24, 2.45) is 0 Å². The standard InChI is InChI=1S/C12H16N4/c13-7-10-4-5-12(9-15-10)16-8-11-3-1-2-6-14-11/h4-5,9,11,14,16H,1-3,6,8H2. The van der Waals surface area contributed by atoms with Gasteiger partial charge in [0.2, 0.25) is 0 Å². The molecule has 1 unspecified atom stereocenters. The van der Waals surface area contributed by atoms with E-state index in [1.165, 1.54) is 19.3 Å². The summed E-state index contributed by atoms with van der Waals surface area (Å²) in [5.41, 5.74) is 1.44. The molecule has 84 valence electrons. The van der Waals surface area contributed by atoms with Gasteiger partial charge in [-0.1, -0.05) is 6.42 Å². The average molecular weight is 216 g/mol. The lowest BCUT2D eigenvalue weighted by Gasteiger charge is -2.23. The third-order valence-electron chi connectivity index (χ3n) is 2.84. The minimum atomic E-state index is 0.460. The molecule has 1 atom stereocenters. The summed E-state index contributed by atoms with van der Waals surface area (Å²) in [4.78, 5) is 4.02. The Hall–Kier alpha value is -1.60. The van der Waals surface area contributed by atoms with Gasteiger partial charge in [-0.05, 0) is 31.5 Å². The Kier molecular flexibility index (Phi) is 3.73. The second kappa shape index (κ2) is 5.47. The van der Waals surface area contributed by atoms with Crippen molar-refractivity contribution >= 4 is 5.69 Å². The Bertz CT molecular complexity index is 360. The van der Waals surface area contributed by atoms with Gasteiger partial charge in [0.25, 0.3) is 0 Å². The van der Waals surface area contributed by atoms with E-state index in [4.69, 9.17) is 5.26 Å². The van der Waals surface area contributed by atoms with E-state index in [1.54, 1.807) is 12.3 Å². The van der Waals surface area contributed by atoms with Gasteiger partial charge in [-0.2, -0.15) is 5.26 Å². The van der Waals surface area contributed by atoms with E-state index in [0.717, 1.165) is 18.8 Å². The summed E-state index contributed by atoms with van der Waals surface area (Å²) in [6.07, 6.45) is 5.54. The molecular formula is C12H16N4. The Morgan fingerprint density at radius 3 is 3.06 bits per heavy atom. The first-order valence-electron chi connectivity index (χ1n) is 5.72. The molecule has 2 rings (SSSR count). The summed E-state index contributed by atoms with van der Waals surface area (Å²) in [7, 11) is 0. The van der Waals surface area contributed by atoms with Crippen LogP contribution < -0.4 is 10.6 Å². The van der Waals surface area contributed by atoms with E-state index in [-0.39, 0.29) is 0 Å². The molecule has 1 aromatic rings. The first-order valence-corrected chi connectivity index (χ1v) is 5.72. The number of nitriles is 1. The normalized spacial score (nSPS) is 20.1. The van der Waals surface area contributed by atoms with Crippen molar-refractivity contribution < 1.29 is 0 Å². The topological polar surface area (TPSA) is 60.7 Å². The second-order valence-corrected chi connectivity index (χ2v) is 4.07. The predicted molar refractivity (Wildman–Crippen MR) is 63.1 cm³/mol. The first kappa shape index (κ1) is 10.9. The molecule has 2 heterocycles. The Labute approximate surface area is 95.7 Å². The lowest BCUT2D eigenvalue weighted by molar-refractivity contribution is 0.414. The Balaban J connectivity index is 1.82. The molecule has 1 fully saturated rings. The molecule has 2 N–H and O–H groups in total. The summed E-state index contributed by atoms with van der Waals surface area (Å²) in [6.45, 7) is 2.05. The van der Waals surface area contributed by atoms with E-state index in [1.807, 2.05) is 12.1 Å². The highest BCUT2D eigenvalue weighted by molar-refractivity contribution is 5.42. The fraction of sp³-hybridized carbons (Fsp3) is 0.500. The lowest BCUT2D eigenvalue weighted by Crippen LogP contribution is -2.39. The molecular weight excluding hydrogens is 200 g/mol. The minimum Gasteiger partial charge on any atom is -0.382 e. The fourth-order valence-corrected chi connectivity index (χ4v) is 1.90. The Morgan fingerprint density at radius 2 is 2.44 bits per heavy atom. The monoisotopic (exact) mass is 216 g/mol. The average Bonchev–Trinajstić information content (AvgIpc) is 2.38. The zero-order chi connectivity index (χ0) is 11.2. The number of pyridine rings is 1. The van der Waals surface area contributed by atoms with Crippen molar-refractivity contribution in [1.82, 2.24) is 10.3 Å². The number of rotatable bonds is 3. The van der Waals surface area contributed by atoms with Crippen LogP contribution in [-0.2, 0) is 0 Å². The number of piperidine rings is 1. The number of nitrogens with zero attached hydrogens (tertiary/aromatic N) is 2. The molecule has 0 bridgehead atoms. The highest BCUT2D eigenvalue weighted by Gasteiger charge is 2.11. The fourth-order valence-electron chi connectivity index (χ4n) is 1.90. The number of hydrogen-bond acceptors (Lipinski definition) is 4. The third kappa shape index (κ3) is 2.94. The van der Waals surface area contributed by atoms with Gasteiger partial charge in [0, 0.05) is 12.6 Å². The van der Waals surface area contributed by atoms with E-state index in [2.05, 4.69) is 15.6 Å². The minimum absolute atomic E-state index is 0.460. The maximum absolute atomic E-state index is 8.62. The second-order valence-electron chi connectivity index (χ2n) is 4.07. The van der Waals surface area contributed by atoms with Gasteiger partial charge in [-0.25, -0.2) is 4.98 Å². The number of hydrogen-bond donors (Lipinski definition) is 2. The van der Waals surface area contributed by atoms with E-state index >= 15 is 0 Å². The van der Waals surface area contributed by atoms with E-state index < -0.39 is 0 Å². The van der Waals surface area contributed by atoms with Crippen LogP contribution in [0, 0.1) is 11.3 Å². The Morgan fingerprint density at radius 1 is 1.50 bits per heavy atom. The summed E-state index contributed by atoms with van der Waals surface area (Å²) in [5, 5.41) is 15.4. The van der Waals surface area contributed by atoms with Crippen LogP contribution in [0.15, 0.2) is 18.3 Å². The van der Waals surface area contributed by atoms with Gasteiger partial charge in [-0.3, -0.25) is 0 Å². The zero-order valence-electron chi connectivity index (χ0n) is 9.24. The molecule has 0 aromatic carbocycles. The summed E-state index contributed by atoms with van der Waals surface area (Å²) >= 11 is 0. The molecule has 1 aliphatic rings. The molecule has 0 spiro atoms. The highest BCUT2D eigenvalue weighted by Crippen LogP contribution is 2.09. The largest absolute Gasteiger partial charge is 0.382 e. The van der Waals surface area contributed by atoms with Gasteiger partial charge in [0.1, 0.15) is 11.8 Å². The van der Waals surface area contributed by atoms with Crippen molar-refractivity contribution in [3.63, 3.8) is 0 Å². The number of anilines is 1. The molecule has 0 aliphatic carbocycles. The van der Waals surface area contributed by atoms with Crippen molar-refractivity contribution in [1.29, 1.82) is 5.26 Å². The smallest absolute Gasteiger partial charge is 0.140 e. The van der Waals surface area contributed by atoms with Crippen molar-refractivity contribution in [3.05, 3.63) is 24.0 Å². The summed E-state index contributed by atoms with van der Waals surface area (Å²) < 4.78 is 0. The lowest BCUT2D eigenvalue weighted by atomic mass is 10.1. The van der Waals surface area contributed by atoms with Crippen LogP contribution in [-0.4, -0.2) is 24.1 Å². The third-order valence-corrected chi connectivity index (χ3v) is 2.84. The van der Waals surface area contributed by atoms with E-state index in [0.29, 0.717) is 11.7 Å². The molecule has 4 heteroatoms. The van der Waals surface area contributed by atoms with Crippen LogP contribution in [0.3, 0.4) is 0 Å². The molecule has 16 heavy (non-hydrogen) atoms. The van der Waals surface area contributed by atoms with Gasteiger partial charge >= 0.3 is 0 Å². The number of nitrogens with one attached hydrogen (secondary N) is 2. The van der Waals surface area contributed by atoms with Crippen molar-refractivity contribution in [2.75, 3.05) is 18.4 Å². The van der Waals surface area contributed by atoms with Gasteiger partial charge in [0.15, 0.2) is 0 Å². The zero-order valence-corrected chi connectivity index (χ0v) is 9.24. The maximum Gasteiger partial charge on any atom is 0.140 e. The van der Waals surface area contributed by atoms with Crippen molar-refractivity contribution in [3.8, 4) is 6.07 Å². The van der Waals surface area contributed by atoms with Crippen LogP contribution >= 0.6 is 0 Å². The van der Waals surface area contributed by atoms with Gasteiger partial charge in [0.05, 0.1) is 11.9 Å². The van der Waals surface area contributed by atoms with Crippen molar-refractivity contribution in [2.45, 2.75) is 25.3 Å². The van der Waals surface area contributed by atoms with Gasteiger partial charge < -0.3 is 10.6 Å². The van der Waals surface area contributed by atoms with E-state index in [9.17, 15) is 0 Å². The maximum atomic E-state index is 8.62. The molecule has 1 aliphatic heterocycles. The molecule has 0 saturated carbocycles. The van der Waals surface area contributed by atoms with Crippen LogP contribution in [0.1, 0.15) is 25.0 Å². The molecule has 4 nitrogen and oxygen atoms in total. The molecule has 1 saturated heterocycles. The predicted octanol–water partition coefficient (Wildman–Crippen LogP) is 1.51. The van der Waals surface area contributed by atoms with Crippen LogP contribution in [0.2, 0.25) is 0 Å². The molecule has 0 amide bonds. The quantitative estimate of drug-likeness (QED) is 0.804. The van der Waals surface area contributed by atoms with Crippen LogP contribution in [0.5, 0.6) is 0 Å². The SMILES string of the molecule is N#Cc1ccc(NCC2CCCCN2)cn1. The first-order chi connectivity index (χ1) is 7.88. The van der Waals surface area contributed by atoms with Crippen LogP contribution in [0.4, 0.5) is 5.69 Å². The summed E-state index contributed by atoms with van der Waals surface area (Å²) in [5.74, 6) is 0. The van der Waals surface area contributed by atoms with Crippen LogP contribution in [0.25, 0.3) is 0 Å². The molecule has 0 radical (unpaired) electrons.